The Morgan fingerprint density at radius 2 is 2.14 bits per heavy atom. The first-order valence-corrected chi connectivity index (χ1v) is 7.64. The number of aryl methyl sites for hydroxylation is 2. The molecule has 0 fully saturated rings. The lowest BCUT2D eigenvalue weighted by Crippen LogP contribution is -2.16. The van der Waals surface area contributed by atoms with E-state index < -0.39 is 11.9 Å². The molecule has 0 amide bonds. The summed E-state index contributed by atoms with van der Waals surface area (Å²) in [7, 11) is 0. The predicted octanol–water partition coefficient (Wildman–Crippen LogP) is 3.61. The van der Waals surface area contributed by atoms with Crippen LogP contribution < -0.4 is 0 Å². The maximum absolute atomic E-state index is 11.5. The number of halogens is 1. The van der Waals surface area contributed by atoms with E-state index in [2.05, 4.69) is 17.0 Å². The summed E-state index contributed by atoms with van der Waals surface area (Å²) in [5.74, 6) is -1.51. The van der Waals surface area contributed by atoms with Gasteiger partial charge in [0.1, 0.15) is 5.15 Å². The zero-order valence-electron chi connectivity index (χ0n) is 12.6. The number of carboxylic acid groups (broad SMARTS) is 1. The van der Waals surface area contributed by atoms with Crippen LogP contribution in [-0.4, -0.2) is 25.7 Å². The lowest BCUT2D eigenvalue weighted by molar-refractivity contribution is -0.139. The molecule has 0 saturated carbocycles. The van der Waals surface area contributed by atoms with Gasteiger partial charge < -0.3 is 5.11 Å². The summed E-state index contributed by atoms with van der Waals surface area (Å²) < 4.78 is 1.56. The molecule has 0 aliphatic rings. The number of hydrogen-bond donors (Lipinski definition) is 1. The van der Waals surface area contributed by atoms with Gasteiger partial charge in [0.25, 0.3) is 0 Å². The standard InChI is InChI=1S/C15H20ClN3O2/c1-4-6-10-8-12-17-9(3)13(14(16)19(12)18-10)11(7-5-2)15(20)21/h8,11H,4-7H2,1-3H3,(H,20,21). The van der Waals surface area contributed by atoms with Crippen LogP contribution in [0.25, 0.3) is 5.65 Å². The molecular formula is C15H20ClN3O2. The number of hydrogen-bond acceptors (Lipinski definition) is 3. The van der Waals surface area contributed by atoms with Gasteiger partial charge >= 0.3 is 5.97 Å². The predicted molar refractivity (Wildman–Crippen MR) is 82.0 cm³/mol. The van der Waals surface area contributed by atoms with Gasteiger partial charge in [-0.1, -0.05) is 38.3 Å². The Bertz CT molecular complexity index is 666. The van der Waals surface area contributed by atoms with Crippen molar-refractivity contribution in [3.05, 3.63) is 28.2 Å². The number of rotatable bonds is 6. The Labute approximate surface area is 129 Å². The molecule has 6 heteroatoms. The second kappa shape index (κ2) is 6.43. The van der Waals surface area contributed by atoms with Crippen molar-refractivity contribution in [1.29, 1.82) is 0 Å². The summed E-state index contributed by atoms with van der Waals surface area (Å²) in [6.07, 6.45) is 3.14. The Morgan fingerprint density at radius 3 is 2.71 bits per heavy atom. The molecule has 5 nitrogen and oxygen atoms in total. The average molecular weight is 310 g/mol. The number of carboxylic acids is 1. The van der Waals surface area contributed by atoms with Crippen molar-refractivity contribution in [2.45, 2.75) is 52.4 Å². The fraction of sp³-hybridized carbons (Fsp3) is 0.533. The van der Waals surface area contributed by atoms with Crippen LogP contribution >= 0.6 is 11.6 Å². The zero-order chi connectivity index (χ0) is 15.6. The van der Waals surface area contributed by atoms with Crippen molar-refractivity contribution in [3.8, 4) is 0 Å². The number of aromatic nitrogens is 3. The smallest absolute Gasteiger partial charge is 0.311 e. The van der Waals surface area contributed by atoms with Gasteiger partial charge in [-0.05, 0) is 19.8 Å². The van der Waals surface area contributed by atoms with Crippen molar-refractivity contribution in [1.82, 2.24) is 14.6 Å². The first-order valence-electron chi connectivity index (χ1n) is 7.27. The molecule has 21 heavy (non-hydrogen) atoms. The lowest BCUT2D eigenvalue weighted by atomic mass is 9.94. The van der Waals surface area contributed by atoms with Crippen LogP contribution in [0.1, 0.15) is 56.0 Å². The Hall–Kier alpha value is -1.62. The molecule has 0 aliphatic heterocycles. The van der Waals surface area contributed by atoms with Crippen LogP contribution in [0.3, 0.4) is 0 Å². The van der Waals surface area contributed by atoms with E-state index in [9.17, 15) is 9.90 Å². The first kappa shape index (κ1) is 15.8. The molecule has 2 aromatic rings. The normalized spacial score (nSPS) is 12.8. The highest BCUT2D eigenvalue weighted by molar-refractivity contribution is 6.30. The van der Waals surface area contributed by atoms with E-state index in [-0.39, 0.29) is 0 Å². The first-order chi connectivity index (χ1) is 9.99. The number of fused-ring (bicyclic) bond motifs is 1. The molecule has 2 rings (SSSR count). The van der Waals surface area contributed by atoms with Crippen molar-refractivity contribution in [3.63, 3.8) is 0 Å². The van der Waals surface area contributed by atoms with Gasteiger partial charge in [-0.25, -0.2) is 9.50 Å². The summed E-state index contributed by atoms with van der Waals surface area (Å²) in [5.41, 5.74) is 2.83. The average Bonchev–Trinajstić information content (AvgIpc) is 2.80. The Kier molecular flexibility index (Phi) is 4.83. The van der Waals surface area contributed by atoms with Crippen molar-refractivity contribution < 1.29 is 9.90 Å². The van der Waals surface area contributed by atoms with Crippen LogP contribution in [0.2, 0.25) is 5.15 Å². The fourth-order valence-electron chi connectivity index (χ4n) is 2.59. The minimum absolute atomic E-state index is 0.362. The maximum atomic E-state index is 11.5. The highest BCUT2D eigenvalue weighted by atomic mass is 35.5. The Morgan fingerprint density at radius 1 is 1.43 bits per heavy atom. The fourth-order valence-corrected chi connectivity index (χ4v) is 2.99. The molecule has 114 valence electrons. The van der Waals surface area contributed by atoms with E-state index in [0.29, 0.717) is 28.5 Å². The van der Waals surface area contributed by atoms with E-state index >= 15 is 0 Å². The lowest BCUT2D eigenvalue weighted by Gasteiger charge is -2.16. The third kappa shape index (κ3) is 3.02. The molecule has 0 saturated heterocycles. The molecule has 2 aromatic heterocycles. The van der Waals surface area contributed by atoms with Crippen LogP contribution in [0.15, 0.2) is 6.07 Å². The molecular weight excluding hydrogens is 290 g/mol. The topological polar surface area (TPSA) is 67.5 Å². The number of carbonyl (C=O) groups is 1. The molecule has 0 aliphatic carbocycles. The van der Waals surface area contributed by atoms with Gasteiger partial charge in [0.2, 0.25) is 0 Å². The quantitative estimate of drug-likeness (QED) is 0.828. The van der Waals surface area contributed by atoms with Crippen molar-refractivity contribution in [2.75, 3.05) is 0 Å². The summed E-state index contributed by atoms with van der Waals surface area (Å²) >= 11 is 6.43. The summed E-state index contributed by atoms with van der Waals surface area (Å²) in [5, 5.41) is 14.2. The van der Waals surface area contributed by atoms with E-state index in [1.165, 1.54) is 0 Å². The maximum Gasteiger partial charge on any atom is 0.311 e. The molecule has 1 atom stereocenters. The molecule has 2 heterocycles. The van der Waals surface area contributed by atoms with Gasteiger partial charge in [-0.2, -0.15) is 5.10 Å². The van der Waals surface area contributed by atoms with Crippen LogP contribution in [0.4, 0.5) is 0 Å². The molecule has 0 aromatic carbocycles. The molecule has 1 N–H and O–H groups in total. The Balaban J connectivity index is 2.60. The number of nitrogens with zero attached hydrogens (tertiary/aromatic N) is 3. The van der Waals surface area contributed by atoms with E-state index in [4.69, 9.17) is 11.6 Å². The second-order valence-electron chi connectivity index (χ2n) is 5.24. The van der Waals surface area contributed by atoms with Gasteiger partial charge in [0.05, 0.1) is 11.6 Å². The van der Waals surface area contributed by atoms with Gasteiger partial charge in [-0.15, -0.1) is 0 Å². The van der Waals surface area contributed by atoms with Crippen molar-refractivity contribution >= 4 is 23.2 Å². The van der Waals surface area contributed by atoms with E-state index in [0.717, 1.165) is 25.0 Å². The van der Waals surface area contributed by atoms with Crippen LogP contribution in [0.5, 0.6) is 0 Å². The summed E-state index contributed by atoms with van der Waals surface area (Å²) in [6, 6.07) is 1.90. The SMILES string of the molecule is CCCc1cc2nc(C)c(C(CCC)C(=O)O)c(Cl)n2n1. The molecule has 0 bridgehead atoms. The number of aliphatic carboxylic acids is 1. The van der Waals surface area contributed by atoms with E-state index in [1.54, 1.807) is 11.4 Å². The molecule has 0 radical (unpaired) electrons. The third-order valence-corrected chi connectivity index (χ3v) is 3.92. The highest BCUT2D eigenvalue weighted by Gasteiger charge is 2.26. The summed E-state index contributed by atoms with van der Waals surface area (Å²) in [4.78, 5) is 16.0. The minimum Gasteiger partial charge on any atom is -0.481 e. The monoisotopic (exact) mass is 309 g/mol. The second-order valence-corrected chi connectivity index (χ2v) is 5.59. The minimum atomic E-state index is -0.871. The van der Waals surface area contributed by atoms with Crippen LogP contribution in [-0.2, 0) is 11.2 Å². The van der Waals surface area contributed by atoms with E-state index in [1.807, 2.05) is 13.0 Å². The van der Waals surface area contributed by atoms with Crippen LogP contribution in [0, 0.1) is 6.92 Å². The zero-order valence-corrected chi connectivity index (χ0v) is 13.3. The van der Waals surface area contributed by atoms with Crippen molar-refractivity contribution in [2.24, 2.45) is 0 Å². The van der Waals surface area contributed by atoms with Gasteiger partial charge in [-0.3, -0.25) is 4.79 Å². The molecule has 0 spiro atoms. The third-order valence-electron chi connectivity index (χ3n) is 3.55. The van der Waals surface area contributed by atoms with Gasteiger partial charge in [0.15, 0.2) is 5.65 Å². The largest absolute Gasteiger partial charge is 0.481 e. The van der Waals surface area contributed by atoms with Gasteiger partial charge in [0, 0.05) is 17.3 Å². The highest BCUT2D eigenvalue weighted by Crippen LogP contribution is 2.31. The molecule has 1 unspecified atom stereocenters. The summed E-state index contributed by atoms with van der Waals surface area (Å²) in [6.45, 7) is 5.84.